The Morgan fingerprint density at radius 3 is 2.88 bits per heavy atom. The molecule has 0 atom stereocenters. The molecule has 2 aromatic rings. The maximum absolute atomic E-state index is 13.3. The average Bonchev–Trinajstić information content (AvgIpc) is 3.00. The van der Waals surface area contributed by atoms with E-state index in [0.717, 1.165) is 17.0 Å². The van der Waals surface area contributed by atoms with Crippen LogP contribution in [0.2, 0.25) is 0 Å². The van der Waals surface area contributed by atoms with Crippen LogP contribution in [0.15, 0.2) is 35.7 Å². The van der Waals surface area contributed by atoms with Gasteiger partial charge >= 0.3 is 0 Å². The molecule has 0 bridgehead atoms. The van der Waals surface area contributed by atoms with Crippen LogP contribution in [0.3, 0.4) is 0 Å². The minimum Gasteiger partial charge on any atom is -0.310 e. The molecule has 1 heterocycles. The fraction of sp³-hybridized carbons (Fsp3) is 0.286. The SMILES string of the molecule is Fc1ccc(CNC2CC2)c(-c2cccs2)c1. The first-order valence-corrected chi connectivity index (χ1v) is 6.76. The van der Waals surface area contributed by atoms with Crippen LogP contribution < -0.4 is 5.32 Å². The summed E-state index contributed by atoms with van der Waals surface area (Å²) in [5, 5.41) is 5.50. The van der Waals surface area contributed by atoms with Gasteiger partial charge in [-0.05, 0) is 47.5 Å². The molecule has 3 heteroatoms. The molecular formula is C14H14FNS. The summed E-state index contributed by atoms with van der Waals surface area (Å²) in [6, 6.07) is 9.79. The van der Waals surface area contributed by atoms with E-state index < -0.39 is 0 Å². The topological polar surface area (TPSA) is 12.0 Å². The van der Waals surface area contributed by atoms with Gasteiger partial charge in [-0.3, -0.25) is 0 Å². The summed E-state index contributed by atoms with van der Waals surface area (Å²) in [7, 11) is 0. The van der Waals surface area contributed by atoms with Crippen molar-refractivity contribution < 1.29 is 4.39 Å². The molecular weight excluding hydrogens is 233 g/mol. The summed E-state index contributed by atoms with van der Waals surface area (Å²) in [6.07, 6.45) is 2.55. The summed E-state index contributed by atoms with van der Waals surface area (Å²) < 4.78 is 13.3. The van der Waals surface area contributed by atoms with Crippen molar-refractivity contribution >= 4 is 11.3 Å². The second-order valence-corrected chi connectivity index (χ2v) is 5.38. The number of nitrogens with one attached hydrogen (secondary N) is 1. The lowest BCUT2D eigenvalue weighted by Gasteiger charge is -2.09. The van der Waals surface area contributed by atoms with Crippen LogP contribution in [0.1, 0.15) is 18.4 Å². The van der Waals surface area contributed by atoms with Crippen molar-refractivity contribution in [3.8, 4) is 10.4 Å². The van der Waals surface area contributed by atoms with Crippen molar-refractivity contribution in [1.82, 2.24) is 5.32 Å². The van der Waals surface area contributed by atoms with E-state index in [1.54, 1.807) is 23.5 Å². The minimum atomic E-state index is -0.163. The number of hydrogen-bond donors (Lipinski definition) is 1. The standard InChI is InChI=1S/C14H14FNS/c15-11-4-3-10(9-16-12-5-6-12)13(8-11)14-2-1-7-17-14/h1-4,7-8,12,16H,5-6,9H2. The van der Waals surface area contributed by atoms with Gasteiger partial charge in [0.25, 0.3) is 0 Å². The van der Waals surface area contributed by atoms with Gasteiger partial charge in [-0.25, -0.2) is 4.39 Å². The number of rotatable bonds is 4. The highest BCUT2D eigenvalue weighted by molar-refractivity contribution is 7.13. The Morgan fingerprint density at radius 2 is 2.18 bits per heavy atom. The van der Waals surface area contributed by atoms with Crippen LogP contribution in [-0.4, -0.2) is 6.04 Å². The summed E-state index contributed by atoms with van der Waals surface area (Å²) in [6.45, 7) is 0.832. The third-order valence-electron chi connectivity index (χ3n) is 3.02. The second kappa shape index (κ2) is 4.59. The number of thiophene rings is 1. The summed E-state index contributed by atoms with van der Waals surface area (Å²) in [5.41, 5.74) is 2.20. The molecule has 1 aromatic heterocycles. The molecule has 0 radical (unpaired) electrons. The van der Waals surface area contributed by atoms with Gasteiger partial charge in [-0.15, -0.1) is 11.3 Å². The molecule has 0 aliphatic heterocycles. The Bertz CT molecular complexity index is 503. The van der Waals surface area contributed by atoms with E-state index in [1.165, 1.54) is 18.4 Å². The van der Waals surface area contributed by atoms with Gasteiger partial charge in [0, 0.05) is 17.5 Å². The molecule has 3 rings (SSSR count). The van der Waals surface area contributed by atoms with Crippen LogP contribution in [0, 0.1) is 5.82 Å². The van der Waals surface area contributed by atoms with E-state index >= 15 is 0 Å². The number of hydrogen-bond acceptors (Lipinski definition) is 2. The average molecular weight is 247 g/mol. The Morgan fingerprint density at radius 1 is 1.29 bits per heavy atom. The first-order valence-electron chi connectivity index (χ1n) is 5.88. The minimum absolute atomic E-state index is 0.163. The van der Waals surface area contributed by atoms with Gasteiger partial charge in [-0.1, -0.05) is 12.1 Å². The first-order chi connectivity index (χ1) is 8.33. The molecule has 0 amide bonds. The quantitative estimate of drug-likeness (QED) is 0.866. The molecule has 1 saturated carbocycles. The Labute approximate surface area is 104 Å². The number of benzene rings is 1. The van der Waals surface area contributed by atoms with Gasteiger partial charge < -0.3 is 5.32 Å². The molecule has 0 spiro atoms. The lowest BCUT2D eigenvalue weighted by Crippen LogP contribution is -2.15. The molecule has 88 valence electrons. The van der Waals surface area contributed by atoms with Crippen molar-refractivity contribution in [2.45, 2.75) is 25.4 Å². The molecule has 1 N–H and O–H groups in total. The van der Waals surface area contributed by atoms with Gasteiger partial charge in [0.2, 0.25) is 0 Å². The van der Waals surface area contributed by atoms with E-state index in [9.17, 15) is 4.39 Å². The lowest BCUT2D eigenvalue weighted by molar-refractivity contribution is 0.625. The largest absolute Gasteiger partial charge is 0.310 e. The highest BCUT2D eigenvalue weighted by atomic mass is 32.1. The summed E-state index contributed by atoms with van der Waals surface area (Å²) in [4.78, 5) is 1.14. The fourth-order valence-electron chi connectivity index (χ4n) is 1.91. The molecule has 1 aliphatic carbocycles. The zero-order valence-electron chi connectivity index (χ0n) is 9.45. The van der Waals surface area contributed by atoms with E-state index in [2.05, 4.69) is 5.32 Å². The molecule has 1 nitrogen and oxygen atoms in total. The summed E-state index contributed by atoms with van der Waals surface area (Å²) in [5.74, 6) is -0.163. The predicted molar refractivity (Wildman–Crippen MR) is 69.6 cm³/mol. The van der Waals surface area contributed by atoms with Crippen LogP contribution in [0.5, 0.6) is 0 Å². The highest BCUT2D eigenvalue weighted by Gasteiger charge is 2.20. The third-order valence-corrected chi connectivity index (χ3v) is 3.92. The Kier molecular flexibility index (Phi) is 2.95. The van der Waals surface area contributed by atoms with Crippen LogP contribution in [0.25, 0.3) is 10.4 Å². The van der Waals surface area contributed by atoms with Gasteiger partial charge in [0.15, 0.2) is 0 Å². The van der Waals surface area contributed by atoms with Gasteiger partial charge in [0.05, 0.1) is 0 Å². The third kappa shape index (κ3) is 2.56. The highest BCUT2D eigenvalue weighted by Crippen LogP contribution is 2.29. The van der Waals surface area contributed by atoms with E-state index in [0.29, 0.717) is 6.04 Å². The summed E-state index contributed by atoms with van der Waals surface area (Å²) >= 11 is 1.65. The molecule has 1 aliphatic rings. The zero-order chi connectivity index (χ0) is 11.7. The maximum Gasteiger partial charge on any atom is 0.123 e. The monoisotopic (exact) mass is 247 g/mol. The normalized spacial score (nSPS) is 15.1. The molecule has 1 fully saturated rings. The van der Waals surface area contributed by atoms with Gasteiger partial charge in [-0.2, -0.15) is 0 Å². The molecule has 17 heavy (non-hydrogen) atoms. The maximum atomic E-state index is 13.3. The van der Waals surface area contributed by atoms with Crippen LogP contribution in [0.4, 0.5) is 4.39 Å². The fourth-order valence-corrected chi connectivity index (χ4v) is 2.68. The lowest BCUT2D eigenvalue weighted by atomic mass is 10.1. The smallest absolute Gasteiger partial charge is 0.123 e. The molecule has 0 saturated heterocycles. The van der Waals surface area contributed by atoms with Crippen LogP contribution >= 0.6 is 11.3 Å². The van der Waals surface area contributed by atoms with E-state index in [-0.39, 0.29) is 5.82 Å². The van der Waals surface area contributed by atoms with Crippen molar-refractivity contribution in [2.75, 3.05) is 0 Å². The second-order valence-electron chi connectivity index (χ2n) is 4.43. The Balaban J connectivity index is 1.89. The van der Waals surface area contributed by atoms with Crippen molar-refractivity contribution in [3.63, 3.8) is 0 Å². The predicted octanol–water partition coefficient (Wildman–Crippen LogP) is 3.81. The van der Waals surface area contributed by atoms with Crippen molar-refractivity contribution in [3.05, 3.63) is 47.1 Å². The zero-order valence-corrected chi connectivity index (χ0v) is 10.3. The van der Waals surface area contributed by atoms with Gasteiger partial charge in [0.1, 0.15) is 5.82 Å². The van der Waals surface area contributed by atoms with E-state index in [1.807, 2.05) is 23.6 Å². The van der Waals surface area contributed by atoms with E-state index in [4.69, 9.17) is 0 Å². The van der Waals surface area contributed by atoms with Crippen LogP contribution in [-0.2, 0) is 6.54 Å². The molecule has 0 unspecified atom stereocenters. The Hall–Kier alpha value is -1.19. The molecule has 1 aromatic carbocycles. The number of halogens is 1. The van der Waals surface area contributed by atoms with Crippen molar-refractivity contribution in [1.29, 1.82) is 0 Å². The first kappa shape index (κ1) is 10.9. The van der Waals surface area contributed by atoms with Crippen molar-refractivity contribution in [2.24, 2.45) is 0 Å².